The fourth-order valence-electron chi connectivity index (χ4n) is 1.51. The van der Waals surface area contributed by atoms with E-state index in [0.29, 0.717) is 16.2 Å². The number of aromatic nitrogens is 1. The first-order valence-electron chi connectivity index (χ1n) is 4.12. The topological polar surface area (TPSA) is 48.1 Å². The van der Waals surface area contributed by atoms with E-state index in [2.05, 4.69) is 20.9 Å². The number of anilines is 1. The molecule has 0 spiro atoms. The van der Waals surface area contributed by atoms with Crippen LogP contribution in [0, 0.1) is 0 Å². The molecule has 0 aliphatic carbocycles. The Morgan fingerprint density at radius 1 is 1.62 bits per heavy atom. The van der Waals surface area contributed by atoms with Crippen LogP contribution in [0.5, 0.6) is 5.88 Å². The molecule has 0 saturated heterocycles. The first-order chi connectivity index (χ1) is 5.98. The summed E-state index contributed by atoms with van der Waals surface area (Å²) in [5.41, 5.74) is 7.32. The third kappa shape index (κ3) is 1.50. The Bertz CT molecular complexity index is 330. The van der Waals surface area contributed by atoms with Crippen LogP contribution in [-0.2, 0) is 6.42 Å². The number of rotatable bonds is 0. The maximum atomic E-state index is 5.72. The summed E-state index contributed by atoms with van der Waals surface area (Å²) < 4.78 is 6.29. The standard InChI is InChI=1S/C9H11BrN2O/c1-9(2)4-5-3-6(11)7(10)12-8(5)13-9/h3H,4,11H2,1-2H3. The van der Waals surface area contributed by atoms with Gasteiger partial charge in [0, 0.05) is 12.0 Å². The summed E-state index contributed by atoms with van der Waals surface area (Å²) >= 11 is 3.27. The van der Waals surface area contributed by atoms with Gasteiger partial charge in [0.25, 0.3) is 0 Å². The molecule has 0 fully saturated rings. The predicted molar refractivity (Wildman–Crippen MR) is 54.8 cm³/mol. The van der Waals surface area contributed by atoms with Crippen molar-refractivity contribution in [3.63, 3.8) is 0 Å². The fraction of sp³-hybridized carbons (Fsp3) is 0.444. The molecular formula is C9H11BrN2O. The summed E-state index contributed by atoms with van der Waals surface area (Å²) in [6, 6.07) is 1.92. The van der Waals surface area contributed by atoms with Crippen LogP contribution in [-0.4, -0.2) is 10.6 Å². The van der Waals surface area contributed by atoms with Gasteiger partial charge in [0.05, 0.1) is 5.69 Å². The van der Waals surface area contributed by atoms with E-state index in [-0.39, 0.29) is 5.60 Å². The normalized spacial score (nSPS) is 18.1. The lowest BCUT2D eigenvalue weighted by Crippen LogP contribution is -2.24. The minimum Gasteiger partial charge on any atom is -0.471 e. The maximum Gasteiger partial charge on any atom is 0.218 e. The van der Waals surface area contributed by atoms with Gasteiger partial charge in [-0.2, -0.15) is 0 Å². The second kappa shape index (κ2) is 2.61. The molecule has 70 valence electrons. The molecule has 0 unspecified atom stereocenters. The quantitative estimate of drug-likeness (QED) is 0.710. The van der Waals surface area contributed by atoms with Crippen molar-refractivity contribution < 1.29 is 4.74 Å². The van der Waals surface area contributed by atoms with E-state index in [1.165, 1.54) is 0 Å². The molecule has 13 heavy (non-hydrogen) atoms. The number of ether oxygens (including phenoxy) is 1. The lowest BCUT2D eigenvalue weighted by atomic mass is 10.0. The van der Waals surface area contributed by atoms with Gasteiger partial charge in [-0.3, -0.25) is 0 Å². The highest BCUT2D eigenvalue weighted by Gasteiger charge is 2.31. The zero-order valence-corrected chi connectivity index (χ0v) is 9.18. The number of pyridine rings is 1. The molecule has 1 aliphatic rings. The van der Waals surface area contributed by atoms with Crippen LogP contribution in [0.3, 0.4) is 0 Å². The van der Waals surface area contributed by atoms with Crippen molar-refractivity contribution in [2.24, 2.45) is 0 Å². The van der Waals surface area contributed by atoms with Crippen molar-refractivity contribution in [2.45, 2.75) is 25.9 Å². The van der Waals surface area contributed by atoms with E-state index < -0.39 is 0 Å². The van der Waals surface area contributed by atoms with Crippen molar-refractivity contribution in [1.29, 1.82) is 0 Å². The molecule has 0 saturated carbocycles. The minimum absolute atomic E-state index is 0.150. The molecule has 1 aromatic rings. The van der Waals surface area contributed by atoms with Gasteiger partial charge in [0.2, 0.25) is 5.88 Å². The Hall–Kier alpha value is -0.770. The van der Waals surface area contributed by atoms with Gasteiger partial charge in [-0.1, -0.05) is 0 Å². The van der Waals surface area contributed by atoms with Gasteiger partial charge in [-0.05, 0) is 35.8 Å². The van der Waals surface area contributed by atoms with Crippen LogP contribution in [0.25, 0.3) is 0 Å². The van der Waals surface area contributed by atoms with Crippen LogP contribution in [0.4, 0.5) is 5.69 Å². The number of halogens is 1. The molecule has 2 N–H and O–H groups in total. The summed E-state index contributed by atoms with van der Waals surface area (Å²) in [4.78, 5) is 4.22. The van der Waals surface area contributed by atoms with Crippen molar-refractivity contribution in [3.05, 3.63) is 16.2 Å². The third-order valence-electron chi connectivity index (χ3n) is 2.03. The maximum absolute atomic E-state index is 5.72. The Morgan fingerprint density at radius 2 is 2.31 bits per heavy atom. The van der Waals surface area contributed by atoms with Crippen molar-refractivity contribution in [2.75, 3.05) is 5.73 Å². The Balaban J connectivity index is 2.48. The molecule has 1 aromatic heterocycles. The first kappa shape index (κ1) is 8.81. The highest BCUT2D eigenvalue weighted by molar-refractivity contribution is 9.10. The summed E-state index contributed by atoms with van der Waals surface area (Å²) in [7, 11) is 0. The number of hydrogen-bond donors (Lipinski definition) is 1. The van der Waals surface area contributed by atoms with Gasteiger partial charge in [-0.25, -0.2) is 4.98 Å². The van der Waals surface area contributed by atoms with E-state index in [4.69, 9.17) is 10.5 Å². The van der Waals surface area contributed by atoms with E-state index in [1.807, 2.05) is 19.9 Å². The summed E-state index contributed by atoms with van der Waals surface area (Å²) in [5, 5.41) is 0. The fourth-order valence-corrected chi connectivity index (χ4v) is 1.78. The molecule has 4 heteroatoms. The van der Waals surface area contributed by atoms with Gasteiger partial charge >= 0.3 is 0 Å². The summed E-state index contributed by atoms with van der Waals surface area (Å²) in [6.45, 7) is 4.08. The molecule has 0 amide bonds. The Labute approximate surface area is 85.4 Å². The lowest BCUT2D eigenvalue weighted by Gasteiger charge is -2.15. The van der Waals surface area contributed by atoms with Crippen LogP contribution in [0.1, 0.15) is 19.4 Å². The Kier molecular flexibility index (Phi) is 1.77. The number of fused-ring (bicyclic) bond motifs is 1. The largest absolute Gasteiger partial charge is 0.471 e. The Morgan fingerprint density at radius 3 is 3.00 bits per heavy atom. The van der Waals surface area contributed by atoms with Crippen LogP contribution < -0.4 is 10.5 Å². The smallest absolute Gasteiger partial charge is 0.218 e. The van der Waals surface area contributed by atoms with Crippen LogP contribution >= 0.6 is 15.9 Å². The van der Waals surface area contributed by atoms with Gasteiger partial charge < -0.3 is 10.5 Å². The zero-order valence-electron chi connectivity index (χ0n) is 7.60. The minimum atomic E-state index is -0.150. The second-order valence-corrected chi connectivity index (χ2v) is 4.62. The lowest BCUT2D eigenvalue weighted by molar-refractivity contribution is 0.133. The average molecular weight is 243 g/mol. The molecular weight excluding hydrogens is 232 g/mol. The molecule has 0 radical (unpaired) electrons. The number of nitrogen functional groups attached to an aromatic ring is 1. The van der Waals surface area contributed by atoms with Crippen molar-refractivity contribution in [1.82, 2.24) is 4.98 Å². The van der Waals surface area contributed by atoms with E-state index >= 15 is 0 Å². The second-order valence-electron chi connectivity index (χ2n) is 3.87. The monoisotopic (exact) mass is 242 g/mol. The average Bonchev–Trinajstić information content (AvgIpc) is 2.24. The van der Waals surface area contributed by atoms with Crippen molar-refractivity contribution >= 4 is 21.6 Å². The van der Waals surface area contributed by atoms with Gasteiger partial charge in [-0.15, -0.1) is 0 Å². The molecule has 3 nitrogen and oxygen atoms in total. The highest BCUT2D eigenvalue weighted by Crippen LogP contribution is 2.36. The molecule has 0 bridgehead atoms. The predicted octanol–water partition coefficient (Wildman–Crippen LogP) is 2.14. The molecule has 0 aromatic carbocycles. The summed E-state index contributed by atoms with van der Waals surface area (Å²) in [5.74, 6) is 0.700. The van der Waals surface area contributed by atoms with Crippen molar-refractivity contribution in [3.8, 4) is 5.88 Å². The van der Waals surface area contributed by atoms with Gasteiger partial charge in [0.15, 0.2) is 0 Å². The van der Waals surface area contributed by atoms with E-state index in [0.717, 1.165) is 12.0 Å². The zero-order chi connectivity index (χ0) is 9.64. The first-order valence-corrected chi connectivity index (χ1v) is 4.91. The van der Waals surface area contributed by atoms with Crippen LogP contribution in [0.15, 0.2) is 10.7 Å². The molecule has 1 aliphatic heterocycles. The summed E-state index contributed by atoms with van der Waals surface area (Å²) in [6.07, 6.45) is 0.868. The SMILES string of the molecule is CC1(C)Cc2cc(N)c(Br)nc2O1. The molecule has 0 atom stereocenters. The third-order valence-corrected chi connectivity index (χ3v) is 2.67. The number of nitrogens with two attached hydrogens (primary N) is 1. The number of nitrogens with zero attached hydrogens (tertiary/aromatic N) is 1. The molecule has 2 rings (SSSR count). The van der Waals surface area contributed by atoms with E-state index in [9.17, 15) is 0 Å². The van der Waals surface area contributed by atoms with E-state index in [1.54, 1.807) is 0 Å². The van der Waals surface area contributed by atoms with Crippen LogP contribution in [0.2, 0.25) is 0 Å². The van der Waals surface area contributed by atoms with Gasteiger partial charge in [0.1, 0.15) is 10.2 Å². The highest BCUT2D eigenvalue weighted by atomic mass is 79.9. The number of hydrogen-bond acceptors (Lipinski definition) is 3. The molecule has 2 heterocycles.